The Labute approximate surface area is 155 Å². The molecule has 4 nitrogen and oxygen atoms in total. The lowest BCUT2D eigenvalue weighted by molar-refractivity contribution is 0.0697. The molecule has 2 rings (SSSR count). The van der Waals surface area contributed by atoms with Crippen LogP contribution in [-0.4, -0.2) is 22.4 Å². The molecule has 0 aliphatic carbocycles. The zero-order valence-electron chi connectivity index (χ0n) is 16.3. The molecule has 0 unspecified atom stereocenters. The van der Waals surface area contributed by atoms with Gasteiger partial charge in [-0.05, 0) is 52.8 Å². The third kappa shape index (κ3) is 4.51. The fourth-order valence-corrected chi connectivity index (χ4v) is 2.71. The molecular formula is C22H27NO3. The Hall–Kier alpha value is -2.62. The summed E-state index contributed by atoms with van der Waals surface area (Å²) in [7, 11) is 0. The zero-order valence-corrected chi connectivity index (χ0v) is 16.3. The highest BCUT2D eigenvalue weighted by Gasteiger charge is 2.26. The van der Waals surface area contributed by atoms with E-state index in [0.29, 0.717) is 11.4 Å². The number of nitrogens with zero attached hydrogens (tertiary/aromatic N) is 1. The molecule has 2 aromatic carbocycles. The first-order valence-corrected chi connectivity index (χ1v) is 8.65. The first-order chi connectivity index (χ1) is 11.9. The van der Waals surface area contributed by atoms with E-state index in [0.717, 1.165) is 16.7 Å². The second kappa shape index (κ2) is 6.94. The predicted octanol–water partition coefficient (Wildman–Crippen LogP) is 5.44. The van der Waals surface area contributed by atoms with Crippen molar-refractivity contribution in [2.75, 3.05) is 0 Å². The van der Waals surface area contributed by atoms with E-state index in [4.69, 9.17) is 5.11 Å². The molecule has 0 aliphatic heterocycles. The molecule has 0 bridgehead atoms. The number of aromatic hydroxyl groups is 1. The fourth-order valence-electron chi connectivity index (χ4n) is 2.71. The SMILES string of the molecule is CC(C)(C)c1cc(C=Nc2ccc(C(=O)O)cc2)cc(C(C)(C)C)c1O. The van der Waals surface area contributed by atoms with Crippen LogP contribution in [0.4, 0.5) is 5.69 Å². The highest BCUT2D eigenvalue weighted by atomic mass is 16.4. The monoisotopic (exact) mass is 353 g/mol. The number of carboxylic acid groups (broad SMARTS) is 1. The van der Waals surface area contributed by atoms with Crippen LogP contribution in [0.1, 0.15) is 68.6 Å². The van der Waals surface area contributed by atoms with E-state index in [1.165, 1.54) is 12.1 Å². The summed E-state index contributed by atoms with van der Waals surface area (Å²) in [6.07, 6.45) is 1.75. The summed E-state index contributed by atoms with van der Waals surface area (Å²) in [6, 6.07) is 10.3. The van der Waals surface area contributed by atoms with Crippen LogP contribution in [0.2, 0.25) is 0 Å². The van der Waals surface area contributed by atoms with Crippen molar-refractivity contribution in [1.82, 2.24) is 0 Å². The Morgan fingerprint density at radius 3 is 1.77 bits per heavy atom. The molecule has 0 amide bonds. The van der Waals surface area contributed by atoms with Gasteiger partial charge in [0.2, 0.25) is 0 Å². The fraction of sp³-hybridized carbons (Fsp3) is 0.364. The van der Waals surface area contributed by atoms with Crippen molar-refractivity contribution >= 4 is 17.9 Å². The maximum absolute atomic E-state index is 10.9. The Morgan fingerprint density at radius 2 is 1.38 bits per heavy atom. The quantitative estimate of drug-likeness (QED) is 0.722. The van der Waals surface area contributed by atoms with Gasteiger partial charge in [0.15, 0.2) is 0 Å². The van der Waals surface area contributed by atoms with E-state index in [1.807, 2.05) is 12.1 Å². The topological polar surface area (TPSA) is 69.9 Å². The minimum absolute atomic E-state index is 0.197. The summed E-state index contributed by atoms with van der Waals surface area (Å²) in [5.74, 6) is -0.614. The number of hydrogen-bond donors (Lipinski definition) is 2. The minimum Gasteiger partial charge on any atom is -0.507 e. The van der Waals surface area contributed by atoms with Crippen molar-refractivity contribution in [2.45, 2.75) is 52.4 Å². The molecule has 0 fully saturated rings. The van der Waals surface area contributed by atoms with Crippen LogP contribution in [0.15, 0.2) is 41.4 Å². The van der Waals surface area contributed by atoms with Gasteiger partial charge < -0.3 is 10.2 Å². The minimum atomic E-state index is -0.955. The van der Waals surface area contributed by atoms with Crippen LogP contribution in [0.5, 0.6) is 5.75 Å². The first kappa shape index (κ1) is 19.7. The second-order valence-corrected chi connectivity index (χ2v) is 8.57. The highest BCUT2D eigenvalue weighted by molar-refractivity contribution is 5.88. The largest absolute Gasteiger partial charge is 0.507 e. The summed E-state index contributed by atoms with van der Waals surface area (Å²) in [5.41, 5.74) is 3.19. The second-order valence-electron chi connectivity index (χ2n) is 8.57. The van der Waals surface area contributed by atoms with E-state index in [2.05, 4.69) is 46.5 Å². The van der Waals surface area contributed by atoms with E-state index in [9.17, 15) is 9.90 Å². The van der Waals surface area contributed by atoms with E-state index in [1.54, 1.807) is 18.3 Å². The van der Waals surface area contributed by atoms with Gasteiger partial charge in [0.25, 0.3) is 0 Å². The molecule has 0 aliphatic rings. The normalized spacial score (nSPS) is 12.5. The van der Waals surface area contributed by atoms with Crippen LogP contribution in [0, 0.1) is 0 Å². The number of aliphatic imine (C=N–C) groups is 1. The van der Waals surface area contributed by atoms with Crippen molar-refractivity contribution in [3.05, 3.63) is 58.7 Å². The third-order valence-corrected chi connectivity index (χ3v) is 4.23. The summed E-state index contributed by atoms with van der Waals surface area (Å²) in [5, 5.41) is 19.7. The smallest absolute Gasteiger partial charge is 0.335 e. The molecule has 2 N–H and O–H groups in total. The summed E-state index contributed by atoms with van der Waals surface area (Å²) in [4.78, 5) is 15.4. The number of aromatic carboxylic acids is 1. The van der Waals surface area contributed by atoms with Gasteiger partial charge in [-0.2, -0.15) is 0 Å². The number of rotatable bonds is 3. The van der Waals surface area contributed by atoms with Crippen LogP contribution in [0.25, 0.3) is 0 Å². The zero-order chi connectivity index (χ0) is 19.7. The average molecular weight is 353 g/mol. The third-order valence-electron chi connectivity index (χ3n) is 4.23. The molecule has 0 atom stereocenters. The summed E-state index contributed by atoms with van der Waals surface area (Å²) >= 11 is 0. The Balaban J connectivity index is 2.47. The summed E-state index contributed by atoms with van der Waals surface area (Å²) in [6.45, 7) is 12.4. The predicted molar refractivity (Wildman–Crippen MR) is 106 cm³/mol. The van der Waals surface area contributed by atoms with Gasteiger partial charge in [0.1, 0.15) is 5.75 Å². The van der Waals surface area contributed by atoms with E-state index >= 15 is 0 Å². The number of hydrogen-bond acceptors (Lipinski definition) is 3. The van der Waals surface area contributed by atoms with Crippen LogP contribution in [0.3, 0.4) is 0 Å². The molecule has 0 heterocycles. The van der Waals surface area contributed by atoms with E-state index < -0.39 is 5.97 Å². The molecule has 26 heavy (non-hydrogen) atoms. The number of carbonyl (C=O) groups is 1. The van der Waals surface area contributed by atoms with Gasteiger partial charge in [-0.3, -0.25) is 4.99 Å². The maximum Gasteiger partial charge on any atom is 0.335 e. The number of benzene rings is 2. The van der Waals surface area contributed by atoms with Gasteiger partial charge in [0, 0.05) is 17.3 Å². The van der Waals surface area contributed by atoms with Crippen LogP contribution >= 0.6 is 0 Å². The average Bonchev–Trinajstić information content (AvgIpc) is 2.52. The van der Waals surface area contributed by atoms with Gasteiger partial charge in [-0.1, -0.05) is 41.5 Å². The van der Waals surface area contributed by atoms with Crippen molar-refractivity contribution < 1.29 is 15.0 Å². The first-order valence-electron chi connectivity index (χ1n) is 8.65. The lowest BCUT2D eigenvalue weighted by Gasteiger charge is -2.27. The summed E-state index contributed by atoms with van der Waals surface area (Å²) < 4.78 is 0. The van der Waals surface area contributed by atoms with Gasteiger partial charge in [0.05, 0.1) is 11.3 Å². The van der Waals surface area contributed by atoms with Crippen molar-refractivity contribution in [2.24, 2.45) is 4.99 Å². The molecule has 0 spiro atoms. The van der Waals surface area contributed by atoms with Gasteiger partial charge in [-0.15, -0.1) is 0 Å². The number of phenols is 1. The molecule has 2 aromatic rings. The highest BCUT2D eigenvalue weighted by Crippen LogP contribution is 2.39. The maximum atomic E-state index is 10.9. The van der Waals surface area contributed by atoms with Crippen LogP contribution in [-0.2, 0) is 10.8 Å². The lowest BCUT2D eigenvalue weighted by atomic mass is 9.78. The van der Waals surface area contributed by atoms with Gasteiger partial charge in [-0.25, -0.2) is 4.79 Å². The Bertz CT molecular complexity index is 800. The van der Waals surface area contributed by atoms with Crippen molar-refractivity contribution in [1.29, 1.82) is 0 Å². The van der Waals surface area contributed by atoms with Crippen molar-refractivity contribution in [3.63, 3.8) is 0 Å². The standard InChI is InChI=1S/C22H27NO3/c1-21(2,3)17-11-14(12-18(19(17)24)22(4,5)6)13-23-16-9-7-15(8-10-16)20(25)26/h7-13,24H,1-6H3,(H,25,26). The Morgan fingerprint density at radius 1 is 0.923 bits per heavy atom. The van der Waals surface area contributed by atoms with E-state index in [-0.39, 0.29) is 16.4 Å². The molecular weight excluding hydrogens is 326 g/mol. The molecule has 0 saturated heterocycles. The molecule has 0 saturated carbocycles. The number of phenolic OH excluding ortho intramolecular Hbond substituents is 1. The molecule has 0 aromatic heterocycles. The molecule has 138 valence electrons. The molecule has 4 heteroatoms. The lowest BCUT2D eigenvalue weighted by Crippen LogP contribution is -2.17. The Kier molecular flexibility index (Phi) is 5.26. The van der Waals surface area contributed by atoms with Crippen LogP contribution < -0.4 is 0 Å². The van der Waals surface area contributed by atoms with Crippen molar-refractivity contribution in [3.8, 4) is 5.75 Å². The number of carboxylic acids is 1. The van der Waals surface area contributed by atoms with Gasteiger partial charge >= 0.3 is 5.97 Å². The molecule has 0 radical (unpaired) electrons.